The minimum atomic E-state index is -0.414. The summed E-state index contributed by atoms with van der Waals surface area (Å²) in [5.74, 6) is 2.11. The number of non-ortho nitro benzene ring substituents is 1. The van der Waals surface area contributed by atoms with E-state index in [2.05, 4.69) is 15.6 Å². The Labute approximate surface area is 212 Å². The maximum Gasteiger partial charge on any atom is 0.269 e. The first kappa shape index (κ1) is 28.4. The number of guanidine groups is 1. The summed E-state index contributed by atoms with van der Waals surface area (Å²) in [6.45, 7) is 6.40. The number of ether oxygens (including phenoxy) is 3. The Balaban J connectivity index is 0.00000544. The van der Waals surface area contributed by atoms with Gasteiger partial charge in [0.15, 0.2) is 5.96 Å². The molecule has 0 aliphatic heterocycles. The zero-order chi connectivity index (χ0) is 23.3. The number of methoxy groups -OCH3 is 2. The van der Waals surface area contributed by atoms with Gasteiger partial charge in [0.1, 0.15) is 11.5 Å². The van der Waals surface area contributed by atoms with Gasteiger partial charge in [-0.05, 0) is 44.0 Å². The number of hydrogen-bond acceptors (Lipinski definition) is 6. The van der Waals surface area contributed by atoms with Gasteiger partial charge in [-0.1, -0.05) is 12.1 Å². The molecule has 1 unspecified atom stereocenters. The molecular weight excluding hydrogens is 539 g/mol. The summed E-state index contributed by atoms with van der Waals surface area (Å²) in [7, 11) is 3.26. The third-order valence-corrected chi connectivity index (χ3v) is 4.79. The van der Waals surface area contributed by atoms with Crippen LogP contribution >= 0.6 is 24.0 Å². The molecule has 0 aliphatic carbocycles. The lowest BCUT2D eigenvalue weighted by molar-refractivity contribution is -0.384. The zero-order valence-corrected chi connectivity index (χ0v) is 21.8. The summed E-state index contributed by atoms with van der Waals surface area (Å²) in [6, 6.07) is 11.9. The van der Waals surface area contributed by atoms with Crippen molar-refractivity contribution in [3.63, 3.8) is 0 Å². The Kier molecular flexibility index (Phi) is 13.2. The van der Waals surface area contributed by atoms with Crippen LogP contribution in [0.2, 0.25) is 0 Å². The molecule has 182 valence electrons. The van der Waals surface area contributed by atoms with Crippen LogP contribution in [0.25, 0.3) is 0 Å². The van der Waals surface area contributed by atoms with E-state index in [4.69, 9.17) is 14.2 Å². The number of rotatable bonds is 12. The highest BCUT2D eigenvalue weighted by molar-refractivity contribution is 14.0. The highest BCUT2D eigenvalue weighted by Gasteiger charge is 2.14. The third kappa shape index (κ3) is 9.42. The Bertz CT molecular complexity index is 893. The van der Waals surface area contributed by atoms with Crippen LogP contribution in [0.4, 0.5) is 5.69 Å². The molecule has 2 rings (SSSR count). The zero-order valence-electron chi connectivity index (χ0n) is 19.5. The van der Waals surface area contributed by atoms with Gasteiger partial charge in [-0.15, -0.1) is 24.0 Å². The Morgan fingerprint density at radius 2 is 1.88 bits per heavy atom. The molecule has 0 aliphatic rings. The molecule has 0 amide bonds. The lowest BCUT2D eigenvalue weighted by Gasteiger charge is -2.21. The molecule has 0 heterocycles. The maximum atomic E-state index is 10.9. The molecule has 9 nitrogen and oxygen atoms in total. The number of nitrogens with one attached hydrogen (secondary N) is 2. The molecule has 2 aromatic rings. The average molecular weight is 572 g/mol. The molecule has 10 heteroatoms. The number of aliphatic imine (C=N–C) groups is 1. The molecule has 0 fully saturated rings. The molecule has 0 spiro atoms. The van der Waals surface area contributed by atoms with Crippen molar-refractivity contribution in [2.75, 3.05) is 34.0 Å². The maximum absolute atomic E-state index is 10.9. The summed E-state index contributed by atoms with van der Waals surface area (Å²) < 4.78 is 16.3. The minimum Gasteiger partial charge on any atom is -0.497 e. The molecule has 33 heavy (non-hydrogen) atoms. The molecule has 2 N–H and O–H groups in total. The monoisotopic (exact) mass is 572 g/mol. The lowest BCUT2D eigenvalue weighted by Crippen LogP contribution is -2.39. The van der Waals surface area contributed by atoms with Crippen molar-refractivity contribution in [3.8, 4) is 11.5 Å². The van der Waals surface area contributed by atoms with Crippen LogP contribution in [0.15, 0.2) is 47.5 Å². The fraction of sp³-hybridized carbons (Fsp3) is 0.435. The van der Waals surface area contributed by atoms with Crippen LogP contribution in [-0.2, 0) is 11.3 Å². The van der Waals surface area contributed by atoms with Gasteiger partial charge >= 0.3 is 0 Å². The second-order valence-corrected chi connectivity index (χ2v) is 7.04. The second-order valence-electron chi connectivity index (χ2n) is 7.04. The van der Waals surface area contributed by atoms with Crippen LogP contribution in [0, 0.1) is 10.1 Å². The summed E-state index contributed by atoms with van der Waals surface area (Å²) in [5.41, 5.74) is 1.87. The predicted molar refractivity (Wildman–Crippen MR) is 140 cm³/mol. The van der Waals surface area contributed by atoms with Gasteiger partial charge in [-0.2, -0.15) is 0 Å². The van der Waals surface area contributed by atoms with E-state index in [-0.39, 0.29) is 35.7 Å². The SMILES string of the molecule is CCOCCCNC(=NCc1ccc([N+](=O)[O-])cc1)NC(C)c1cc(OC)ccc1OC.I. The topological polar surface area (TPSA) is 107 Å². The van der Waals surface area contributed by atoms with Gasteiger partial charge in [0.05, 0.1) is 31.7 Å². The summed E-state index contributed by atoms with van der Waals surface area (Å²) in [5, 5.41) is 17.6. The van der Waals surface area contributed by atoms with E-state index in [1.807, 2.05) is 32.0 Å². The molecule has 1 atom stereocenters. The van der Waals surface area contributed by atoms with E-state index in [1.165, 1.54) is 12.1 Å². The number of hydrogen-bond donors (Lipinski definition) is 2. The van der Waals surface area contributed by atoms with Gasteiger partial charge < -0.3 is 24.8 Å². The van der Waals surface area contributed by atoms with Crippen molar-refractivity contribution < 1.29 is 19.1 Å². The highest BCUT2D eigenvalue weighted by atomic mass is 127. The van der Waals surface area contributed by atoms with Crippen molar-refractivity contribution >= 4 is 35.6 Å². The molecular formula is C23H33IN4O5. The van der Waals surface area contributed by atoms with E-state index in [1.54, 1.807) is 26.4 Å². The largest absolute Gasteiger partial charge is 0.497 e. The van der Waals surface area contributed by atoms with E-state index in [0.717, 1.165) is 29.0 Å². The average Bonchev–Trinajstić information content (AvgIpc) is 2.81. The van der Waals surface area contributed by atoms with E-state index in [9.17, 15) is 10.1 Å². The van der Waals surface area contributed by atoms with Crippen LogP contribution in [0.1, 0.15) is 37.4 Å². The van der Waals surface area contributed by atoms with Crippen LogP contribution < -0.4 is 20.1 Å². The quantitative estimate of drug-likeness (QED) is 0.0967. The highest BCUT2D eigenvalue weighted by Crippen LogP contribution is 2.29. The summed E-state index contributed by atoms with van der Waals surface area (Å²) in [6.07, 6.45) is 0.836. The van der Waals surface area contributed by atoms with E-state index >= 15 is 0 Å². The van der Waals surface area contributed by atoms with E-state index in [0.29, 0.717) is 32.3 Å². The number of nitrogens with zero attached hydrogens (tertiary/aromatic N) is 2. The number of nitro groups is 1. The van der Waals surface area contributed by atoms with Gasteiger partial charge in [0.25, 0.3) is 5.69 Å². The van der Waals surface area contributed by atoms with Crippen molar-refractivity contribution in [2.24, 2.45) is 4.99 Å². The van der Waals surface area contributed by atoms with Crippen molar-refractivity contribution in [1.29, 1.82) is 0 Å². The fourth-order valence-electron chi connectivity index (χ4n) is 3.03. The molecule has 0 bridgehead atoms. The molecule has 2 aromatic carbocycles. The first-order chi connectivity index (χ1) is 15.5. The van der Waals surface area contributed by atoms with Gasteiger partial charge in [0.2, 0.25) is 0 Å². The van der Waals surface area contributed by atoms with Crippen molar-refractivity contribution in [3.05, 3.63) is 63.7 Å². The molecule has 0 saturated carbocycles. The Morgan fingerprint density at radius 3 is 2.48 bits per heavy atom. The van der Waals surface area contributed by atoms with Gasteiger partial charge in [-0.25, -0.2) is 4.99 Å². The predicted octanol–water partition coefficient (Wildman–Crippen LogP) is 4.45. The fourth-order valence-corrected chi connectivity index (χ4v) is 3.03. The standard InChI is InChI=1S/C23H32N4O5.HI/c1-5-32-14-6-13-24-23(25-16-18-7-9-19(10-8-18)27(28)29)26-17(2)21-15-20(30-3)11-12-22(21)31-4;/h7-12,15,17H,5-6,13-14,16H2,1-4H3,(H2,24,25,26);1H. The van der Waals surface area contributed by atoms with Crippen LogP contribution in [0.3, 0.4) is 0 Å². The minimum absolute atomic E-state index is 0. The number of benzene rings is 2. The van der Waals surface area contributed by atoms with Crippen molar-refractivity contribution in [2.45, 2.75) is 32.9 Å². The van der Waals surface area contributed by atoms with Gasteiger partial charge in [0, 0.05) is 37.5 Å². The molecule has 0 aromatic heterocycles. The normalized spacial score (nSPS) is 11.8. The first-order valence-electron chi connectivity index (χ1n) is 10.6. The number of nitro benzene ring substituents is 1. The summed E-state index contributed by atoms with van der Waals surface area (Å²) >= 11 is 0. The first-order valence-corrected chi connectivity index (χ1v) is 10.6. The van der Waals surface area contributed by atoms with Crippen molar-refractivity contribution in [1.82, 2.24) is 10.6 Å². The second kappa shape index (κ2) is 15.3. The molecule has 0 radical (unpaired) electrons. The Morgan fingerprint density at radius 1 is 1.15 bits per heavy atom. The van der Waals surface area contributed by atoms with Gasteiger partial charge in [-0.3, -0.25) is 10.1 Å². The Hall–Kier alpha value is -2.60. The lowest BCUT2D eigenvalue weighted by atomic mass is 10.1. The van der Waals surface area contributed by atoms with Crippen LogP contribution in [-0.4, -0.2) is 44.9 Å². The molecule has 0 saturated heterocycles. The summed E-state index contributed by atoms with van der Waals surface area (Å²) in [4.78, 5) is 15.1. The number of halogens is 1. The third-order valence-electron chi connectivity index (χ3n) is 4.79. The van der Waals surface area contributed by atoms with Crippen LogP contribution in [0.5, 0.6) is 11.5 Å². The van der Waals surface area contributed by atoms with E-state index < -0.39 is 4.92 Å². The smallest absolute Gasteiger partial charge is 0.269 e.